The van der Waals surface area contributed by atoms with E-state index in [9.17, 15) is 4.39 Å². The molecule has 21 heavy (non-hydrogen) atoms. The molecule has 2 N–H and O–H groups in total. The molecule has 6 heteroatoms. The highest BCUT2D eigenvalue weighted by molar-refractivity contribution is 8.13. The van der Waals surface area contributed by atoms with Gasteiger partial charge in [0.25, 0.3) is 0 Å². The van der Waals surface area contributed by atoms with Crippen LogP contribution in [-0.4, -0.2) is 11.4 Å². The average Bonchev–Trinajstić information content (AvgIpc) is 2.47. The summed E-state index contributed by atoms with van der Waals surface area (Å²) < 4.78 is 13.0. The van der Waals surface area contributed by atoms with Gasteiger partial charge < -0.3 is 5.73 Å². The maximum atomic E-state index is 13.0. The summed E-state index contributed by atoms with van der Waals surface area (Å²) in [6.07, 6.45) is 1.46. The van der Waals surface area contributed by atoms with Gasteiger partial charge in [0.05, 0.1) is 6.21 Å². The average molecular weight is 322 g/mol. The van der Waals surface area contributed by atoms with E-state index in [4.69, 9.17) is 17.3 Å². The molecule has 3 nitrogen and oxygen atoms in total. The molecule has 0 aliphatic heterocycles. The quantitative estimate of drug-likeness (QED) is 0.524. The van der Waals surface area contributed by atoms with E-state index in [1.165, 1.54) is 30.1 Å². The van der Waals surface area contributed by atoms with Crippen molar-refractivity contribution < 1.29 is 4.39 Å². The standard InChI is InChI=1S/C15H13ClFN3S/c16-13-6-4-11(5-7-13)10-21-15(18)20-19-9-12-2-1-3-14(17)8-12/h1-9H,10H2,(H2,18,20)/b19-9+. The van der Waals surface area contributed by atoms with Crippen LogP contribution in [0.15, 0.2) is 58.7 Å². The van der Waals surface area contributed by atoms with Gasteiger partial charge in [-0.05, 0) is 35.4 Å². The normalized spacial score (nSPS) is 12.0. The summed E-state index contributed by atoms with van der Waals surface area (Å²) in [5.74, 6) is 0.371. The third-order valence-corrected chi connectivity index (χ3v) is 3.62. The monoisotopic (exact) mass is 321 g/mol. The number of thioether (sulfide) groups is 1. The Balaban J connectivity index is 1.88. The van der Waals surface area contributed by atoms with E-state index in [-0.39, 0.29) is 5.82 Å². The summed E-state index contributed by atoms with van der Waals surface area (Å²) in [6.45, 7) is 0. The second kappa shape index (κ2) is 7.81. The summed E-state index contributed by atoms with van der Waals surface area (Å²) in [5.41, 5.74) is 7.47. The second-order valence-corrected chi connectivity index (χ2v) is 5.59. The largest absolute Gasteiger partial charge is 0.377 e. The molecule has 2 aromatic carbocycles. The highest BCUT2D eigenvalue weighted by Crippen LogP contribution is 2.15. The zero-order chi connectivity index (χ0) is 15.1. The molecule has 0 heterocycles. The number of hydrogen-bond acceptors (Lipinski definition) is 3. The fourth-order valence-corrected chi connectivity index (χ4v) is 2.24. The molecule has 2 rings (SSSR count). The van der Waals surface area contributed by atoms with Crippen molar-refractivity contribution in [2.24, 2.45) is 15.9 Å². The Morgan fingerprint density at radius 1 is 1.24 bits per heavy atom. The van der Waals surface area contributed by atoms with Gasteiger partial charge >= 0.3 is 0 Å². The van der Waals surface area contributed by atoms with E-state index >= 15 is 0 Å². The summed E-state index contributed by atoms with van der Waals surface area (Å²) in [7, 11) is 0. The van der Waals surface area contributed by atoms with Crippen molar-refractivity contribution in [3.05, 3.63) is 70.5 Å². The number of nitrogens with two attached hydrogens (primary N) is 1. The van der Waals surface area contributed by atoms with Crippen molar-refractivity contribution in [3.63, 3.8) is 0 Å². The summed E-state index contributed by atoms with van der Waals surface area (Å²) in [6, 6.07) is 13.6. The lowest BCUT2D eigenvalue weighted by atomic mass is 10.2. The first-order chi connectivity index (χ1) is 10.1. The fourth-order valence-electron chi connectivity index (χ4n) is 1.51. The highest BCUT2D eigenvalue weighted by atomic mass is 35.5. The SMILES string of the molecule is N/C(=N\N=C\c1cccc(F)c1)SCc1ccc(Cl)cc1. The van der Waals surface area contributed by atoms with E-state index in [2.05, 4.69) is 10.2 Å². The van der Waals surface area contributed by atoms with Crippen LogP contribution in [0.3, 0.4) is 0 Å². The second-order valence-electron chi connectivity index (χ2n) is 4.15. The molecule has 0 spiro atoms. The minimum absolute atomic E-state index is 0.312. The van der Waals surface area contributed by atoms with Gasteiger partial charge in [0, 0.05) is 10.8 Å². The van der Waals surface area contributed by atoms with Gasteiger partial charge in [0.15, 0.2) is 5.17 Å². The van der Waals surface area contributed by atoms with Crippen molar-refractivity contribution in [2.45, 2.75) is 5.75 Å². The molecule has 0 amide bonds. The van der Waals surface area contributed by atoms with Crippen molar-refractivity contribution in [1.82, 2.24) is 0 Å². The third kappa shape index (κ3) is 5.57. The van der Waals surface area contributed by atoms with Gasteiger partial charge in [-0.1, -0.05) is 47.6 Å². The number of nitrogens with zero attached hydrogens (tertiary/aromatic N) is 2. The Hall–Kier alpha value is -1.85. The van der Waals surface area contributed by atoms with Crippen molar-refractivity contribution in [3.8, 4) is 0 Å². The van der Waals surface area contributed by atoms with Crippen LogP contribution >= 0.6 is 23.4 Å². The molecule has 2 aromatic rings. The zero-order valence-corrected chi connectivity index (χ0v) is 12.6. The number of hydrogen-bond donors (Lipinski definition) is 1. The summed E-state index contributed by atoms with van der Waals surface area (Å²) >= 11 is 7.18. The summed E-state index contributed by atoms with van der Waals surface area (Å²) in [5, 5.41) is 8.74. The maximum Gasteiger partial charge on any atom is 0.180 e. The maximum absolute atomic E-state index is 13.0. The minimum atomic E-state index is -0.312. The van der Waals surface area contributed by atoms with Gasteiger partial charge in [-0.25, -0.2) is 4.39 Å². The van der Waals surface area contributed by atoms with E-state index in [1.807, 2.05) is 24.3 Å². The lowest BCUT2D eigenvalue weighted by molar-refractivity contribution is 0.627. The van der Waals surface area contributed by atoms with Crippen LogP contribution in [-0.2, 0) is 5.75 Å². The first-order valence-electron chi connectivity index (χ1n) is 6.13. The van der Waals surface area contributed by atoms with Crippen LogP contribution < -0.4 is 5.73 Å². The Bertz CT molecular complexity index is 656. The van der Waals surface area contributed by atoms with Crippen LogP contribution in [0.5, 0.6) is 0 Å². The van der Waals surface area contributed by atoms with E-state index in [0.717, 1.165) is 5.56 Å². The molecule has 0 bridgehead atoms. The number of benzene rings is 2. The van der Waals surface area contributed by atoms with Crippen LogP contribution in [0.2, 0.25) is 5.02 Å². The van der Waals surface area contributed by atoms with E-state index < -0.39 is 0 Å². The van der Waals surface area contributed by atoms with Crippen molar-refractivity contribution >= 4 is 34.7 Å². The van der Waals surface area contributed by atoms with E-state index in [0.29, 0.717) is 21.5 Å². The first-order valence-corrected chi connectivity index (χ1v) is 7.49. The Labute approximate surface area is 131 Å². The molecule has 0 saturated carbocycles. The predicted molar refractivity (Wildman–Crippen MR) is 88.4 cm³/mol. The molecule has 108 valence electrons. The first kappa shape index (κ1) is 15.5. The van der Waals surface area contributed by atoms with E-state index in [1.54, 1.807) is 12.1 Å². The molecule has 0 unspecified atom stereocenters. The molecule has 0 radical (unpaired) electrons. The van der Waals surface area contributed by atoms with Gasteiger partial charge in [0.2, 0.25) is 0 Å². The molecule has 0 fully saturated rings. The van der Waals surface area contributed by atoms with Crippen LogP contribution in [0.4, 0.5) is 4.39 Å². The van der Waals surface area contributed by atoms with Crippen LogP contribution in [0, 0.1) is 5.82 Å². The molecular formula is C15H13ClFN3S. The third-order valence-electron chi connectivity index (χ3n) is 2.51. The van der Waals surface area contributed by atoms with Gasteiger partial charge in [-0.3, -0.25) is 0 Å². The molecule has 0 aromatic heterocycles. The summed E-state index contributed by atoms with van der Waals surface area (Å²) in [4.78, 5) is 0. The molecule has 0 aliphatic rings. The fraction of sp³-hybridized carbons (Fsp3) is 0.0667. The highest BCUT2D eigenvalue weighted by Gasteiger charge is 1.97. The Morgan fingerprint density at radius 2 is 2.00 bits per heavy atom. The lowest BCUT2D eigenvalue weighted by Crippen LogP contribution is -2.06. The smallest absolute Gasteiger partial charge is 0.180 e. The number of rotatable bonds is 4. The Morgan fingerprint density at radius 3 is 2.71 bits per heavy atom. The lowest BCUT2D eigenvalue weighted by Gasteiger charge is -2.00. The predicted octanol–water partition coefficient (Wildman–Crippen LogP) is 4.06. The van der Waals surface area contributed by atoms with Gasteiger partial charge in [0.1, 0.15) is 5.82 Å². The zero-order valence-electron chi connectivity index (χ0n) is 11.0. The topological polar surface area (TPSA) is 50.7 Å². The Kier molecular flexibility index (Phi) is 5.78. The molecule has 0 aliphatic carbocycles. The van der Waals surface area contributed by atoms with Gasteiger partial charge in [-0.15, -0.1) is 5.10 Å². The number of amidine groups is 1. The molecule has 0 atom stereocenters. The molecule has 0 saturated heterocycles. The number of halogens is 2. The molecular weight excluding hydrogens is 309 g/mol. The van der Waals surface area contributed by atoms with Crippen molar-refractivity contribution in [1.29, 1.82) is 0 Å². The van der Waals surface area contributed by atoms with Gasteiger partial charge in [-0.2, -0.15) is 5.10 Å². The van der Waals surface area contributed by atoms with Crippen molar-refractivity contribution in [2.75, 3.05) is 0 Å². The van der Waals surface area contributed by atoms with Crippen LogP contribution in [0.25, 0.3) is 0 Å². The van der Waals surface area contributed by atoms with Crippen LogP contribution in [0.1, 0.15) is 11.1 Å². The minimum Gasteiger partial charge on any atom is -0.377 e.